The van der Waals surface area contributed by atoms with Crippen molar-refractivity contribution in [3.8, 4) is 11.3 Å². The minimum atomic E-state index is -0.587. The van der Waals surface area contributed by atoms with Crippen LogP contribution in [0.15, 0.2) is 18.3 Å². The van der Waals surface area contributed by atoms with Gasteiger partial charge in [-0.1, -0.05) is 0 Å². The molecule has 2 rings (SSSR count). The van der Waals surface area contributed by atoms with Gasteiger partial charge in [-0.25, -0.2) is 9.59 Å². The summed E-state index contributed by atoms with van der Waals surface area (Å²) in [6.45, 7) is 7.12. The molecule has 0 spiro atoms. The quantitative estimate of drug-likeness (QED) is 0.859. The summed E-state index contributed by atoms with van der Waals surface area (Å²) in [6, 6.07) is 3.40. The summed E-state index contributed by atoms with van der Waals surface area (Å²) in [6.07, 6.45) is 0.997. The maximum atomic E-state index is 11.9. The van der Waals surface area contributed by atoms with E-state index in [2.05, 4.69) is 15.4 Å². The average molecular weight is 346 g/mol. The van der Waals surface area contributed by atoms with Crippen LogP contribution in [0.2, 0.25) is 0 Å². The number of aromatic nitrogens is 3. The molecule has 2 heterocycles. The first-order valence-electron chi connectivity index (χ1n) is 7.70. The van der Waals surface area contributed by atoms with Gasteiger partial charge in [0.2, 0.25) is 0 Å². The number of anilines is 1. The van der Waals surface area contributed by atoms with Crippen molar-refractivity contribution < 1.29 is 19.1 Å². The maximum Gasteiger partial charge on any atom is 0.412 e. The van der Waals surface area contributed by atoms with E-state index in [0.29, 0.717) is 28.3 Å². The van der Waals surface area contributed by atoms with E-state index in [1.165, 1.54) is 11.8 Å². The molecule has 0 atom stereocenters. The first-order chi connectivity index (χ1) is 11.6. The Labute approximate surface area is 146 Å². The lowest BCUT2D eigenvalue weighted by atomic mass is 10.1. The van der Waals surface area contributed by atoms with Gasteiger partial charge >= 0.3 is 12.1 Å². The summed E-state index contributed by atoms with van der Waals surface area (Å²) in [7, 11) is 2.96. The third-order valence-corrected chi connectivity index (χ3v) is 3.31. The zero-order chi connectivity index (χ0) is 18.8. The number of hydrogen-bond acceptors (Lipinski definition) is 6. The second-order valence-electron chi connectivity index (χ2n) is 6.48. The lowest BCUT2D eigenvalue weighted by Gasteiger charge is -2.20. The topological polar surface area (TPSA) is 95.3 Å². The Morgan fingerprint density at radius 2 is 1.92 bits per heavy atom. The summed E-state index contributed by atoms with van der Waals surface area (Å²) in [5.74, 6) is -0.495. The molecule has 1 N–H and O–H groups in total. The summed E-state index contributed by atoms with van der Waals surface area (Å²) in [4.78, 5) is 28.3. The van der Waals surface area contributed by atoms with Crippen molar-refractivity contribution in [2.45, 2.75) is 33.3 Å². The highest BCUT2D eigenvalue weighted by molar-refractivity contribution is 5.95. The van der Waals surface area contributed by atoms with Crippen LogP contribution in [0.4, 0.5) is 10.5 Å². The van der Waals surface area contributed by atoms with Crippen LogP contribution in [0.5, 0.6) is 0 Å². The number of carbonyl (C=O) groups excluding carboxylic acids is 2. The number of carbonyl (C=O) groups is 2. The minimum Gasteiger partial charge on any atom is -0.464 e. The van der Waals surface area contributed by atoms with E-state index in [0.717, 1.165) is 0 Å². The highest BCUT2D eigenvalue weighted by atomic mass is 16.6. The fourth-order valence-corrected chi connectivity index (χ4v) is 2.22. The first kappa shape index (κ1) is 18.4. The van der Waals surface area contributed by atoms with E-state index >= 15 is 0 Å². The largest absolute Gasteiger partial charge is 0.464 e. The van der Waals surface area contributed by atoms with Gasteiger partial charge in [-0.2, -0.15) is 5.10 Å². The molecule has 134 valence electrons. The molecule has 0 aliphatic carbocycles. The van der Waals surface area contributed by atoms with Gasteiger partial charge in [0.05, 0.1) is 35.9 Å². The number of rotatable bonds is 3. The Bertz CT molecular complexity index is 805. The van der Waals surface area contributed by atoms with Gasteiger partial charge in [0.15, 0.2) is 5.69 Å². The Hall–Kier alpha value is -2.90. The van der Waals surface area contributed by atoms with Crippen molar-refractivity contribution >= 4 is 17.7 Å². The summed E-state index contributed by atoms with van der Waals surface area (Å²) >= 11 is 0. The zero-order valence-electron chi connectivity index (χ0n) is 15.2. The third kappa shape index (κ3) is 4.34. The van der Waals surface area contributed by atoms with E-state index in [4.69, 9.17) is 9.47 Å². The molecule has 1 amide bonds. The molecule has 0 aliphatic rings. The van der Waals surface area contributed by atoms with E-state index in [1.807, 2.05) is 0 Å². The molecule has 0 unspecified atom stereocenters. The van der Waals surface area contributed by atoms with Crippen LogP contribution in [0.25, 0.3) is 11.3 Å². The van der Waals surface area contributed by atoms with Gasteiger partial charge in [-0.3, -0.25) is 15.0 Å². The number of nitrogens with one attached hydrogen (secondary N) is 1. The predicted molar refractivity (Wildman–Crippen MR) is 92.4 cm³/mol. The fraction of sp³-hybridized carbons (Fsp3) is 0.412. The van der Waals surface area contributed by atoms with Crippen LogP contribution in [0.1, 0.15) is 37.0 Å². The van der Waals surface area contributed by atoms with Gasteiger partial charge in [0.1, 0.15) is 5.60 Å². The molecule has 0 radical (unpaired) electrons. The molecule has 8 heteroatoms. The van der Waals surface area contributed by atoms with Crippen LogP contribution in [0.3, 0.4) is 0 Å². The van der Waals surface area contributed by atoms with Crippen molar-refractivity contribution in [2.75, 3.05) is 12.4 Å². The van der Waals surface area contributed by atoms with Gasteiger partial charge in [0, 0.05) is 7.05 Å². The van der Waals surface area contributed by atoms with Gasteiger partial charge in [0.25, 0.3) is 0 Å². The third-order valence-electron chi connectivity index (χ3n) is 3.31. The number of ether oxygens (including phenoxy) is 2. The molecule has 0 saturated carbocycles. The average Bonchev–Trinajstić information content (AvgIpc) is 2.88. The maximum absolute atomic E-state index is 11.9. The highest BCUT2D eigenvalue weighted by Gasteiger charge is 2.21. The molecular formula is C17H22N4O4. The lowest BCUT2D eigenvalue weighted by molar-refractivity contribution is 0.0587. The fourth-order valence-electron chi connectivity index (χ4n) is 2.22. The number of pyridine rings is 1. The van der Waals surface area contributed by atoms with Crippen molar-refractivity contribution in [1.29, 1.82) is 0 Å². The van der Waals surface area contributed by atoms with Crippen LogP contribution >= 0.6 is 0 Å². The van der Waals surface area contributed by atoms with Crippen molar-refractivity contribution in [2.24, 2.45) is 7.05 Å². The van der Waals surface area contributed by atoms with E-state index in [1.54, 1.807) is 53.1 Å². The lowest BCUT2D eigenvalue weighted by Crippen LogP contribution is -2.27. The molecule has 0 aliphatic heterocycles. The highest BCUT2D eigenvalue weighted by Crippen LogP contribution is 2.25. The number of amides is 1. The standard InChI is InChI=1S/C17H22N4O4/c1-10-12(20-16(23)25-17(2,3)4)7-8-13(19-10)11-9-18-21(5)14(11)15(22)24-6/h7-9H,1-6H3,(H,20,23). The normalized spacial score (nSPS) is 11.1. The molecule has 0 fully saturated rings. The Kier molecular flexibility index (Phi) is 5.10. The summed E-state index contributed by atoms with van der Waals surface area (Å²) in [5, 5.41) is 6.75. The number of nitrogens with zero attached hydrogens (tertiary/aromatic N) is 3. The van der Waals surface area contributed by atoms with Crippen molar-refractivity contribution in [3.63, 3.8) is 0 Å². The smallest absolute Gasteiger partial charge is 0.412 e. The number of methoxy groups -OCH3 is 1. The van der Waals surface area contributed by atoms with E-state index < -0.39 is 17.7 Å². The second kappa shape index (κ2) is 6.92. The number of hydrogen-bond donors (Lipinski definition) is 1. The summed E-state index contributed by atoms with van der Waals surface area (Å²) < 4.78 is 11.5. The van der Waals surface area contributed by atoms with Crippen molar-refractivity contribution in [1.82, 2.24) is 14.8 Å². The molecule has 2 aromatic heterocycles. The van der Waals surface area contributed by atoms with E-state index in [9.17, 15) is 9.59 Å². The van der Waals surface area contributed by atoms with Crippen LogP contribution in [-0.4, -0.2) is 39.5 Å². The predicted octanol–water partition coefficient (Wildman–Crippen LogP) is 2.92. The van der Waals surface area contributed by atoms with Crippen molar-refractivity contribution in [3.05, 3.63) is 29.7 Å². The van der Waals surface area contributed by atoms with Gasteiger partial charge in [-0.15, -0.1) is 0 Å². The van der Waals surface area contributed by atoms with Gasteiger partial charge < -0.3 is 9.47 Å². The molecule has 0 aromatic carbocycles. The molecule has 8 nitrogen and oxygen atoms in total. The number of esters is 1. The molecule has 25 heavy (non-hydrogen) atoms. The van der Waals surface area contributed by atoms with Crippen LogP contribution in [0, 0.1) is 6.92 Å². The Morgan fingerprint density at radius 3 is 2.48 bits per heavy atom. The van der Waals surface area contributed by atoms with Crippen LogP contribution in [-0.2, 0) is 16.5 Å². The summed E-state index contributed by atoms with van der Waals surface area (Å²) in [5.41, 5.74) is 1.95. The van der Waals surface area contributed by atoms with Gasteiger partial charge in [-0.05, 0) is 39.8 Å². The zero-order valence-corrected chi connectivity index (χ0v) is 15.2. The Balaban J connectivity index is 2.29. The first-order valence-corrected chi connectivity index (χ1v) is 7.70. The van der Waals surface area contributed by atoms with Crippen LogP contribution < -0.4 is 5.32 Å². The molecule has 0 bridgehead atoms. The molecule has 0 saturated heterocycles. The second-order valence-corrected chi connectivity index (χ2v) is 6.48. The molecule has 2 aromatic rings. The number of aryl methyl sites for hydroxylation is 2. The Morgan fingerprint density at radius 1 is 1.24 bits per heavy atom. The molecular weight excluding hydrogens is 324 g/mol. The monoisotopic (exact) mass is 346 g/mol. The van der Waals surface area contributed by atoms with E-state index in [-0.39, 0.29) is 0 Å². The minimum absolute atomic E-state index is 0.308. The SMILES string of the molecule is COC(=O)c1c(-c2ccc(NC(=O)OC(C)(C)C)c(C)n2)cnn1C.